The molecule has 5 heteroatoms. The number of amides is 2. The Hall–Kier alpha value is -2.04. The Morgan fingerprint density at radius 2 is 2.12 bits per heavy atom. The van der Waals surface area contributed by atoms with E-state index in [9.17, 15) is 9.59 Å². The van der Waals surface area contributed by atoms with E-state index in [0.29, 0.717) is 25.1 Å². The zero-order chi connectivity index (χ0) is 12.3. The zero-order valence-electron chi connectivity index (χ0n) is 9.40. The van der Waals surface area contributed by atoms with Gasteiger partial charge in [-0.25, -0.2) is 0 Å². The van der Waals surface area contributed by atoms with Gasteiger partial charge in [-0.05, 0) is 17.7 Å². The number of hydrogen-bond donors (Lipinski definition) is 3. The molecule has 1 saturated heterocycles. The van der Waals surface area contributed by atoms with Crippen LogP contribution in [0.25, 0.3) is 0 Å². The molecule has 90 valence electrons. The molecule has 2 rings (SSSR count). The summed E-state index contributed by atoms with van der Waals surface area (Å²) in [6, 6.07) is 7.11. The van der Waals surface area contributed by atoms with Crippen LogP contribution < -0.4 is 16.4 Å². The van der Waals surface area contributed by atoms with Crippen LogP contribution in [0.4, 0.5) is 5.69 Å². The summed E-state index contributed by atoms with van der Waals surface area (Å²) in [4.78, 5) is 22.6. The monoisotopic (exact) mass is 233 g/mol. The fraction of sp³-hybridized carbons (Fsp3) is 0.333. The normalized spacial score (nSPS) is 18.8. The minimum atomic E-state index is -0.0798. The highest BCUT2D eigenvalue weighted by molar-refractivity contribution is 5.83. The summed E-state index contributed by atoms with van der Waals surface area (Å²) in [5, 5.41) is 5.49. The van der Waals surface area contributed by atoms with Crippen molar-refractivity contribution in [2.24, 2.45) is 0 Å². The number of hydrogen-bond acceptors (Lipinski definition) is 3. The van der Waals surface area contributed by atoms with Crippen LogP contribution in [-0.2, 0) is 16.0 Å². The van der Waals surface area contributed by atoms with Gasteiger partial charge in [0.1, 0.15) is 0 Å². The first-order valence-corrected chi connectivity index (χ1v) is 5.54. The molecule has 4 N–H and O–H groups in total. The maximum atomic E-state index is 11.7. The molecule has 5 nitrogen and oxygen atoms in total. The number of anilines is 1. The maximum Gasteiger partial charge on any atom is 0.224 e. The summed E-state index contributed by atoms with van der Waals surface area (Å²) >= 11 is 0. The highest BCUT2D eigenvalue weighted by Gasteiger charge is 2.22. The number of carbonyl (C=O) groups is 2. The van der Waals surface area contributed by atoms with Crippen molar-refractivity contribution >= 4 is 17.5 Å². The van der Waals surface area contributed by atoms with Crippen LogP contribution >= 0.6 is 0 Å². The smallest absolute Gasteiger partial charge is 0.224 e. The average molecular weight is 233 g/mol. The van der Waals surface area contributed by atoms with Crippen LogP contribution in [0.3, 0.4) is 0 Å². The standard InChI is InChI=1S/C12H15N3O2/c13-9-3-1-8(2-4-9)5-12(17)15-10-6-11(16)14-7-10/h1-4,10H,5-7,13H2,(H,14,16)(H,15,17). The Bertz CT molecular complexity index is 428. The van der Waals surface area contributed by atoms with E-state index >= 15 is 0 Å². The second-order valence-electron chi connectivity index (χ2n) is 4.19. The van der Waals surface area contributed by atoms with Crippen LogP contribution in [0.2, 0.25) is 0 Å². The Kier molecular flexibility index (Phi) is 3.27. The number of rotatable bonds is 3. The summed E-state index contributed by atoms with van der Waals surface area (Å²) in [6.07, 6.45) is 0.679. The van der Waals surface area contributed by atoms with Crippen molar-refractivity contribution in [1.82, 2.24) is 10.6 Å². The van der Waals surface area contributed by atoms with Gasteiger partial charge >= 0.3 is 0 Å². The van der Waals surface area contributed by atoms with Gasteiger partial charge in [0.2, 0.25) is 11.8 Å². The Labute approximate surface area is 99.4 Å². The lowest BCUT2D eigenvalue weighted by atomic mass is 10.1. The molecule has 1 heterocycles. The molecule has 0 spiro atoms. The molecule has 1 unspecified atom stereocenters. The van der Waals surface area contributed by atoms with E-state index in [1.807, 2.05) is 12.1 Å². The SMILES string of the molecule is Nc1ccc(CC(=O)NC2CNC(=O)C2)cc1. The summed E-state index contributed by atoms with van der Waals surface area (Å²) in [7, 11) is 0. The molecule has 0 radical (unpaired) electrons. The quantitative estimate of drug-likeness (QED) is 0.633. The van der Waals surface area contributed by atoms with Gasteiger partial charge in [-0.3, -0.25) is 9.59 Å². The summed E-state index contributed by atoms with van der Waals surface area (Å²) in [5.74, 6) is -0.0842. The first-order valence-electron chi connectivity index (χ1n) is 5.54. The van der Waals surface area contributed by atoms with Crippen molar-refractivity contribution in [3.05, 3.63) is 29.8 Å². The third-order valence-electron chi connectivity index (χ3n) is 2.69. The van der Waals surface area contributed by atoms with Crippen molar-refractivity contribution in [2.75, 3.05) is 12.3 Å². The Morgan fingerprint density at radius 1 is 1.41 bits per heavy atom. The number of nitrogens with one attached hydrogen (secondary N) is 2. The fourth-order valence-corrected chi connectivity index (χ4v) is 1.81. The van der Waals surface area contributed by atoms with Crippen LogP contribution in [0, 0.1) is 0 Å². The number of nitrogen functional groups attached to an aromatic ring is 1. The van der Waals surface area contributed by atoms with Crippen LogP contribution in [-0.4, -0.2) is 24.4 Å². The van der Waals surface area contributed by atoms with Gasteiger partial charge in [-0.15, -0.1) is 0 Å². The molecule has 1 aromatic carbocycles. The van der Waals surface area contributed by atoms with Crippen molar-refractivity contribution in [3.63, 3.8) is 0 Å². The number of nitrogens with two attached hydrogens (primary N) is 1. The van der Waals surface area contributed by atoms with Gasteiger partial charge in [0.05, 0.1) is 12.5 Å². The fourth-order valence-electron chi connectivity index (χ4n) is 1.81. The molecule has 0 saturated carbocycles. The molecule has 0 bridgehead atoms. The molecular formula is C12H15N3O2. The average Bonchev–Trinajstić information content (AvgIpc) is 2.67. The molecule has 17 heavy (non-hydrogen) atoms. The van der Waals surface area contributed by atoms with E-state index in [-0.39, 0.29) is 17.9 Å². The van der Waals surface area contributed by atoms with E-state index in [2.05, 4.69) is 10.6 Å². The predicted octanol–water partition coefficient (Wildman–Crippen LogP) is -0.184. The molecule has 1 aromatic rings. The van der Waals surface area contributed by atoms with Gasteiger partial charge in [-0.2, -0.15) is 0 Å². The molecule has 1 atom stereocenters. The molecule has 2 amide bonds. The summed E-state index contributed by atoms with van der Waals surface area (Å²) < 4.78 is 0. The molecule has 0 aliphatic carbocycles. The van der Waals surface area contributed by atoms with E-state index in [0.717, 1.165) is 5.56 Å². The van der Waals surface area contributed by atoms with Gasteiger partial charge in [-0.1, -0.05) is 12.1 Å². The van der Waals surface area contributed by atoms with Crippen LogP contribution in [0.1, 0.15) is 12.0 Å². The second-order valence-corrected chi connectivity index (χ2v) is 4.19. The lowest BCUT2D eigenvalue weighted by Gasteiger charge is -2.10. The van der Waals surface area contributed by atoms with Crippen molar-refractivity contribution < 1.29 is 9.59 Å². The third kappa shape index (κ3) is 3.21. The third-order valence-corrected chi connectivity index (χ3v) is 2.69. The van der Waals surface area contributed by atoms with Crippen molar-refractivity contribution in [2.45, 2.75) is 18.9 Å². The van der Waals surface area contributed by atoms with Crippen LogP contribution in [0.15, 0.2) is 24.3 Å². The van der Waals surface area contributed by atoms with Gasteiger partial charge < -0.3 is 16.4 Å². The van der Waals surface area contributed by atoms with E-state index < -0.39 is 0 Å². The van der Waals surface area contributed by atoms with Crippen LogP contribution in [0.5, 0.6) is 0 Å². The molecule has 0 aromatic heterocycles. The highest BCUT2D eigenvalue weighted by atomic mass is 16.2. The minimum absolute atomic E-state index is 0.0113. The van der Waals surface area contributed by atoms with E-state index in [1.54, 1.807) is 12.1 Å². The van der Waals surface area contributed by atoms with Crippen molar-refractivity contribution in [3.8, 4) is 0 Å². The largest absolute Gasteiger partial charge is 0.399 e. The van der Waals surface area contributed by atoms with Gasteiger partial charge in [0.25, 0.3) is 0 Å². The second kappa shape index (κ2) is 4.86. The summed E-state index contributed by atoms with van der Waals surface area (Å²) in [6.45, 7) is 0.520. The molecule has 1 aliphatic rings. The van der Waals surface area contributed by atoms with E-state index in [4.69, 9.17) is 5.73 Å². The van der Waals surface area contributed by atoms with Gasteiger partial charge in [0, 0.05) is 18.7 Å². The number of carbonyl (C=O) groups excluding carboxylic acids is 2. The predicted molar refractivity (Wildman–Crippen MR) is 64.1 cm³/mol. The molecule has 1 aliphatic heterocycles. The molecular weight excluding hydrogens is 218 g/mol. The zero-order valence-corrected chi connectivity index (χ0v) is 9.40. The van der Waals surface area contributed by atoms with E-state index in [1.165, 1.54) is 0 Å². The summed E-state index contributed by atoms with van der Waals surface area (Å²) in [5.41, 5.74) is 7.15. The first kappa shape index (κ1) is 11.4. The molecule has 1 fully saturated rings. The Morgan fingerprint density at radius 3 is 2.71 bits per heavy atom. The minimum Gasteiger partial charge on any atom is -0.399 e. The Balaban J connectivity index is 1.85. The lowest BCUT2D eigenvalue weighted by Crippen LogP contribution is -2.37. The highest BCUT2D eigenvalue weighted by Crippen LogP contribution is 2.06. The number of benzene rings is 1. The maximum absolute atomic E-state index is 11.7. The lowest BCUT2D eigenvalue weighted by molar-refractivity contribution is -0.121. The topological polar surface area (TPSA) is 84.2 Å². The first-order chi connectivity index (χ1) is 8.13. The van der Waals surface area contributed by atoms with Gasteiger partial charge in [0.15, 0.2) is 0 Å². The van der Waals surface area contributed by atoms with Crippen molar-refractivity contribution in [1.29, 1.82) is 0 Å².